The Kier molecular flexibility index (Phi) is 3.31. The van der Waals surface area contributed by atoms with E-state index in [1.807, 2.05) is 32.1 Å². The molecular weight excluding hydrogens is 236 g/mol. The van der Waals surface area contributed by atoms with E-state index in [1.54, 1.807) is 18.2 Å². The number of Topliss-reactive ketones (excluding diaryl/α,β-unsaturated/α-hetero) is 1. The number of carbonyl (C=O) groups is 1. The molecule has 1 aromatic rings. The van der Waals surface area contributed by atoms with Crippen LogP contribution in [0.15, 0.2) is 41.6 Å². The fraction of sp³-hybridized carbons (Fsp3) is 0.188. The first-order valence-electron chi connectivity index (χ1n) is 5.98. The minimum Gasteiger partial charge on any atom is -0.289 e. The predicted octanol–water partition coefficient (Wildman–Crippen LogP) is 3.62. The van der Waals surface area contributed by atoms with Crippen molar-refractivity contribution < 1.29 is 4.79 Å². The molecule has 0 saturated carbocycles. The molecule has 0 saturated heterocycles. The number of nitriles is 1. The van der Waals surface area contributed by atoms with E-state index in [9.17, 15) is 4.79 Å². The number of carbonyl (C=O) groups excluding carboxylic acids is 1. The second kappa shape index (κ2) is 4.92. The first kappa shape index (κ1) is 12.8. The number of hydrogen-bond donors (Lipinski definition) is 0. The van der Waals surface area contributed by atoms with Gasteiger partial charge in [-0.2, -0.15) is 0 Å². The third-order valence-corrected chi connectivity index (χ3v) is 2.91. The van der Waals surface area contributed by atoms with Crippen molar-refractivity contribution >= 4 is 11.4 Å². The van der Waals surface area contributed by atoms with Gasteiger partial charge in [0, 0.05) is 16.7 Å². The van der Waals surface area contributed by atoms with Crippen LogP contribution in [-0.2, 0) is 0 Å². The van der Waals surface area contributed by atoms with E-state index in [1.165, 1.54) is 0 Å². The van der Waals surface area contributed by atoms with Crippen LogP contribution in [0, 0.1) is 23.8 Å². The molecule has 1 aliphatic rings. The van der Waals surface area contributed by atoms with Gasteiger partial charge in [-0.15, -0.1) is 0 Å². The molecule has 2 rings (SSSR count). The minimum absolute atomic E-state index is 0.0230. The maximum absolute atomic E-state index is 12.4. The molecule has 3 heteroatoms. The Morgan fingerprint density at radius 3 is 2.53 bits per heavy atom. The molecule has 0 fully saturated rings. The van der Waals surface area contributed by atoms with Crippen LogP contribution in [0.2, 0.25) is 0 Å². The van der Waals surface area contributed by atoms with Gasteiger partial charge in [0.2, 0.25) is 0 Å². The second-order valence-electron chi connectivity index (χ2n) is 4.65. The van der Waals surface area contributed by atoms with Crippen molar-refractivity contribution in [1.29, 1.82) is 5.26 Å². The quantitative estimate of drug-likeness (QED) is 0.433. The molecule has 19 heavy (non-hydrogen) atoms. The Balaban J connectivity index is 2.82. The monoisotopic (exact) mass is 248 g/mol. The van der Waals surface area contributed by atoms with Crippen molar-refractivity contribution in [1.82, 2.24) is 0 Å². The first-order valence-corrected chi connectivity index (χ1v) is 5.98. The predicted molar refractivity (Wildman–Crippen MR) is 72.8 cm³/mol. The third kappa shape index (κ3) is 2.07. The van der Waals surface area contributed by atoms with E-state index in [4.69, 9.17) is 11.8 Å². The van der Waals surface area contributed by atoms with E-state index in [0.29, 0.717) is 22.3 Å². The Bertz CT molecular complexity index is 678. The zero-order chi connectivity index (χ0) is 14.0. The summed E-state index contributed by atoms with van der Waals surface area (Å²) in [5.41, 5.74) is 2.19. The van der Waals surface area contributed by atoms with Crippen LogP contribution in [0.3, 0.4) is 0 Å². The average Bonchev–Trinajstić information content (AvgIpc) is 2.66. The number of fused-ring (bicyclic) bond motifs is 1. The molecule has 0 aliphatic heterocycles. The van der Waals surface area contributed by atoms with Crippen molar-refractivity contribution in [2.24, 2.45) is 5.92 Å². The molecule has 0 heterocycles. The number of allylic oxidation sites excluding steroid dienone is 4. The molecule has 0 unspecified atom stereocenters. The van der Waals surface area contributed by atoms with E-state index in [-0.39, 0.29) is 17.4 Å². The largest absolute Gasteiger partial charge is 0.289 e. The summed E-state index contributed by atoms with van der Waals surface area (Å²) >= 11 is 0. The van der Waals surface area contributed by atoms with Crippen LogP contribution in [0.4, 0.5) is 0 Å². The standard InChI is InChI=1S/C16H12N2O/c1-10(2)8-13-15(14(9-17)18-3)11-6-4-5-7-12(11)16(13)19/h4-8,10H,1-2H3/b13-8-,15-14-. The Morgan fingerprint density at radius 1 is 1.37 bits per heavy atom. The topological polar surface area (TPSA) is 45.2 Å². The smallest absolute Gasteiger partial charge is 0.270 e. The maximum atomic E-state index is 12.4. The summed E-state index contributed by atoms with van der Waals surface area (Å²) < 4.78 is 0. The van der Waals surface area contributed by atoms with Crippen LogP contribution in [-0.4, -0.2) is 5.78 Å². The molecule has 0 atom stereocenters. The molecular formula is C16H12N2O. The molecule has 0 N–H and O–H groups in total. The molecule has 0 spiro atoms. The SMILES string of the molecule is [C-]#[N+]/C(C#N)=C1\C(=C\C(C)C)C(=O)c2ccccc21. The third-order valence-electron chi connectivity index (χ3n) is 2.91. The normalized spacial score (nSPS) is 18.2. The molecule has 0 bridgehead atoms. The van der Waals surface area contributed by atoms with E-state index >= 15 is 0 Å². The van der Waals surface area contributed by atoms with Gasteiger partial charge in [0.05, 0.1) is 12.6 Å². The number of rotatable bonds is 1. The molecule has 92 valence electrons. The van der Waals surface area contributed by atoms with Crippen molar-refractivity contribution in [3.63, 3.8) is 0 Å². The van der Waals surface area contributed by atoms with Crippen molar-refractivity contribution in [2.75, 3.05) is 0 Å². The summed E-state index contributed by atoms with van der Waals surface area (Å²) in [6.07, 6.45) is 1.82. The van der Waals surface area contributed by atoms with Gasteiger partial charge in [0.15, 0.2) is 5.78 Å². The van der Waals surface area contributed by atoms with Gasteiger partial charge < -0.3 is 0 Å². The lowest BCUT2D eigenvalue weighted by Crippen LogP contribution is -1.97. The molecule has 1 aliphatic carbocycles. The van der Waals surface area contributed by atoms with Gasteiger partial charge in [-0.05, 0) is 11.5 Å². The summed E-state index contributed by atoms with van der Waals surface area (Å²) in [6, 6.07) is 9.01. The van der Waals surface area contributed by atoms with Crippen molar-refractivity contribution in [2.45, 2.75) is 13.8 Å². The van der Waals surface area contributed by atoms with Crippen LogP contribution in [0.5, 0.6) is 0 Å². The Hall–Kier alpha value is -2.65. The van der Waals surface area contributed by atoms with Gasteiger partial charge >= 0.3 is 0 Å². The number of hydrogen-bond acceptors (Lipinski definition) is 2. The van der Waals surface area contributed by atoms with Gasteiger partial charge in [-0.3, -0.25) is 4.79 Å². The molecule has 3 nitrogen and oxygen atoms in total. The average molecular weight is 248 g/mol. The summed E-state index contributed by atoms with van der Waals surface area (Å²) in [4.78, 5) is 15.6. The fourth-order valence-corrected chi connectivity index (χ4v) is 2.19. The first-order chi connectivity index (χ1) is 9.10. The molecule has 0 aromatic heterocycles. The summed E-state index contributed by atoms with van der Waals surface area (Å²) in [6.45, 7) is 11.0. The summed E-state index contributed by atoms with van der Waals surface area (Å²) in [7, 11) is 0. The van der Waals surface area contributed by atoms with Crippen molar-refractivity contribution in [3.05, 3.63) is 64.2 Å². The minimum atomic E-state index is -0.101. The van der Waals surface area contributed by atoms with Crippen LogP contribution in [0.1, 0.15) is 29.8 Å². The van der Waals surface area contributed by atoms with Crippen LogP contribution >= 0.6 is 0 Å². The highest BCUT2D eigenvalue weighted by Gasteiger charge is 2.31. The van der Waals surface area contributed by atoms with Gasteiger partial charge in [-0.1, -0.05) is 44.2 Å². The molecule has 0 radical (unpaired) electrons. The Morgan fingerprint density at radius 2 is 2.00 bits per heavy atom. The van der Waals surface area contributed by atoms with E-state index in [2.05, 4.69) is 4.85 Å². The van der Waals surface area contributed by atoms with Gasteiger partial charge in [-0.25, -0.2) is 10.1 Å². The molecule has 1 aromatic carbocycles. The van der Waals surface area contributed by atoms with Crippen LogP contribution < -0.4 is 0 Å². The zero-order valence-corrected chi connectivity index (χ0v) is 10.8. The summed E-state index contributed by atoms with van der Waals surface area (Å²) in [5.74, 6) is 0.0737. The van der Waals surface area contributed by atoms with E-state index in [0.717, 1.165) is 0 Å². The maximum Gasteiger partial charge on any atom is 0.270 e. The van der Waals surface area contributed by atoms with Gasteiger partial charge in [0.1, 0.15) is 0 Å². The molecule has 0 amide bonds. The van der Waals surface area contributed by atoms with E-state index < -0.39 is 0 Å². The lowest BCUT2D eigenvalue weighted by atomic mass is 10.00. The fourth-order valence-electron chi connectivity index (χ4n) is 2.19. The summed E-state index contributed by atoms with van der Waals surface area (Å²) in [5, 5.41) is 9.09. The number of benzene rings is 1. The number of nitrogens with zero attached hydrogens (tertiary/aromatic N) is 2. The Labute approximate surface area is 112 Å². The van der Waals surface area contributed by atoms with Crippen LogP contribution in [0.25, 0.3) is 10.4 Å². The number of ketones is 1. The van der Waals surface area contributed by atoms with Gasteiger partial charge in [0.25, 0.3) is 5.70 Å². The highest BCUT2D eigenvalue weighted by Crippen LogP contribution is 2.39. The second-order valence-corrected chi connectivity index (χ2v) is 4.65. The highest BCUT2D eigenvalue weighted by atomic mass is 16.1. The zero-order valence-electron chi connectivity index (χ0n) is 10.8. The lowest BCUT2D eigenvalue weighted by molar-refractivity contribution is 0.104. The highest BCUT2D eigenvalue weighted by molar-refractivity contribution is 6.27. The lowest BCUT2D eigenvalue weighted by Gasteiger charge is -2.03. The van der Waals surface area contributed by atoms with Crippen molar-refractivity contribution in [3.8, 4) is 6.07 Å².